The summed E-state index contributed by atoms with van der Waals surface area (Å²) in [6.07, 6.45) is 1.62. The smallest absolute Gasteiger partial charge is 0.159 e. The van der Waals surface area contributed by atoms with E-state index in [9.17, 15) is 0 Å². The van der Waals surface area contributed by atoms with Gasteiger partial charge >= 0.3 is 0 Å². The van der Waals surface area contributed by atoms with Crippen molar-refractivity contribution in [1.82, 2.24) is 9.97 Å². The molecule has 4 nitrogen and oxygen atoms in total. The van der Waals surface area contributed by atoms with Crippen molar-refractivity contribution in [2.24, 2.45) is 0 Å². The molecular formula is C9H14N2O2. The minimum Gasteiger partial charge on any atom is -0.390 e. The average molecular weight is 182 g/mol. The molecule has 72 valence electrons. The summed E-state index contributed by atoms with van der Waals surface area (Å²) in [5.74, 6) is 0.585. The van der Waals surface area contributed by atoms with E-state index in [1.54, 1.807) is 19.4 Å². The zero-order chi connectivity index (χ0) is 9.90. The van der Waals surface area contributed by atoms with Gasteiger partial charge < -0.3 is 9.84 Å². The van der Waals surface area contributed by atoms with Crippen LogP contribution in [0.3, 0.4) is 0 Å². The van der Waals surface area contributed by atoms with E-state index in [2.05, 4.69) is 9.97 Å². The lowest BCUT2D eigenvalue weighted by molar-refractivity contribution is 0.0111. The van der Waals surface area contributed by atoms with Crippen LogP contribution in [0.25, 0.3) is 0 Å². The third-order valence-corrected chi connectivity index (χ3v) is 1.92. The molecule has 0 atom stereocenters. The largest absolute Gasteiger partial charge is 0.390 e. The topological polar surface area (TPSA) is 55.2 Å². The molecule has 0 aliphatic heterocycles. The molecule has 0 unspecified atom stereocenters. The van der Waals surface area contributed by atoms with Crippen LogP contribution >= 0.6 is 0 Å². The third-order valence-electron chi connectivity index (χ3n) is 1.92. The minimum absolute atomic E-state index is 0.0741. The molecule has 0 aliphatic rings. The zero-order valence-corrected chi connectivity index (χ0v) is 8.11. The highest BCUT2D eigenvalue weighted by Crippen LogP contribution is 2.19. The highest BCUT2D eigenvalue weighted by Gasteiger charge is 2.22. The van der Waals surface area contributed by atoms with Gasteiger partial charge in [-0.05, 0) is 19.9 Å². The van der Waals surface area contributed by atoms with Crippen LogP contribution in [0.5, 0.6) is 0 Å². The summed E-state index contributed by atoms with van der Waals surface area (Å²) in [6, 6.07) is 1.68. The molecule has 0 saturated carbocycles. The van der Waals surface area contributed by atoms with Crippen LogP contribution in [-0.2, 0) is 16.9 Å². The van der Waals surface area contributed by atoms with Crippen molar-refractivity contribution < 1.29 is 9.84 Å². The van der Waals surface area contributed by atoms with E-state index in [-0.39, 0.29) is 6.61 Å². The van der Waals surface area contributed by atoms with Crippen molar-refractivity contribution in [2.75, 3.05) is 7.11 Å². The lowest BCUT2D eigenvalue weighted by Crippen LogP contribution is -2.23. The summed E-state index contributed by atoms with van der Waals surface area (Å²) < 4.78 is 5.22. The number of hydrogen-bond acceptors (Lipinski definition) is 4. The highest BCUT2D eigenvalue weighted by molar-refractivity contribution is 5.05. The molecule has 0 fully saturated rings. The Morgan fingerprint density at radius 3 is 2.77 bits per heavy atom. The van der Waals surface area contributed by atoms with Crippen LogP contribution in [0.4, 0.5) is 0 Å². The Morgan fingerprint density at radius 1 is 1.54 bits per heavy atom. The Bertz CT molecular complexity index is 287. The van der Waals surface area contributed by atoms with Gasteiger partial charge in [0.1, 0.15) is 5.60 Å². The summed E-state index contributed by atoms with van der Waals surface area (Å²) >= 11 is 0. The van der Waals surface area contributed by atoms with E-state index in [1.165, 1.54) is 0 Å². The molecule has 0 radical (unpaired) electrons. The van der Waals surface area contributed by atoms with Crippen LogP contribution < -0.4 is 0 Å². The van der Waals surface area contributed by atoms with Crippen molar-refractivity contribution >= 4 is 0 Å². The molecule has 1 rings (SSSR count). The van der Waals surface area contributed by atoms with Crippen LogP contribution in [0.15, 0.2) is 12.3 Å². The molecule has 0 aliphatic carbocycles. The zero-order valence-electron chi connectivity index (χ0n) is 8.11. The second-order valence-electron chi connectivity index (χ2n) is 3.24. The normalized spacial score (nSPS) is 11.7. The number of rotatable bonds is 3. The van der Waals surface area contributed by atoms with Crippen LogP contribution in [0, 0.1) is 0 Å². The minimum atomic E-state index is -0.509. The van der Waals surface area contributed by atoms with Crippen LogP contribution in [-0.4, -0.2) is 22.2 Å². The van der Waals surface area contributed by atoms with E-state index in [1.807, 2.05) is 13.8 Å². The summed E-state index contributed by atoms with van der Waals surface area (Å²) in [5, 5.41) is 8.87. The van der Waals surface area contributed by atoms with Crippen molar-refractivity contribution in [3.63, 3.8) is 0 Å². The highest BCUT2D eigenvalue weighted by atomic mass is 16.5. The van der Waals surface area contributed by atoms with Crippen molar-refractivity contribution in [2.45, 2.75) is 26.1 Å². The molecule has 1 aromatic rings. The third kappa shape index (κ3) is 2.23. The van der Waals surface area contributed by atoms with Crippen LogP contribution in [0.2, 0.25) is 0 Å². The van der Waals surface area contributed by atoms with Gasteiger partial charge in [0.15, 0.2) is 5.82 Å². The van der Waals surface area contributed by atoms with Crippen molar-refractivity contribution in [3.8, 4) is 0 Å². The number of ether oxygens (including phenoxy) is 1. The molecule has 1 N–H and O–H groups in total. The Morgan fingerprint density at radius 2 is 2.23 bits per heavy atom. The monoisotopic (exact) mass is 182 g/mol. The maximum atomic E-state index is 8.87. The van der Waals surface area contributed by atoms with E-state index in [4.69, 9.17) is 9.84 Å². The van der Waals surface area contributed by atoms with Gasteiger partial charge in [-0.2, -0.15) is 0 Å². The Hall–Kier alpha value is -1.00. The van der Waals surface area contributed by atoms with Gasteiger partial charge in [-0.3, -0.25) is 0 Å². The summed E-state index contributed by atoms with van der Waals surface area (Å²) in [4.78, 5) is 8.23. The first kappa shape index (κ1) is 10.1. The van der Waals surface area contributed by atoms with Crippen LogP contribution in [0.1, 0.15) is 25.4 Å². The number of aliphatic hydroxyl groups is 1. The lowest BCUT2D eigenvalue weighted by atomic mass is 10.1. The Kier molecular flexibility index (Phi) is 2.95. The Labute approximate surface area is 77.6 Å². The summed E-state index contributed by atoms with van der Waals surface area (Å²) in [7, 11) is 1.61. The molecule has 1 aromatic heterocycles. The predicted molar refractivity (Wildman–Crippen MR) is 48.0 cm³/mol. The second kappa shape index (κ2) is 3.81. The first-order valence-corrected chi connectivity index (χ1v) is 4.08. The first-order valence-electron chi connectivity index (χ1n) is 4.08. The predicted octanol–water partition coefficient (Wildman–Crippen LogP) is 0.850. The fourth-order valence-electron chi connectivity index (χ4n) is 0.865. The summed E-state index contributed by atoms with van der Waals surface area (Å²) in [5.41, 5.74) is 0.0978. The van der Waals surface area contributed by atoms with E-state index in [0.717, 1.165) is 0 Å². The number of aliphatic hydroxyl groups excluding tert-OH is 1. The van der Waals surface area contributed by atoms with E-state index in [0.29, 0.717) is 11.5 Å². The van der Waals surface area contributed by atoms with E-state index < -0.39 is 5.60 Å². The fourth-order valence-corrected chi connectivity index (χ4v) is 0.865. The molecule has 1 heterocycles. The SMILES string of the molecule is COC(C)(C)c1nccc(CO)n1. The quantitative estimate of drug-likeness (QED) is 0.753. The number of aromatic nitrogens is 2. The van der Waals surface area contributed by atoms with Gasteiger partial charge in [-0.15, -0.1) is 0 Å². The molecule has 0 saturated heterocycles. The molecule has 0 bridgehead atoms. The maximum absolute atomic E-state index is 8.87. The van der Waals surface area contributed by atoms with Crippen molar-refractivity contribution in [1.29, 1.82) is 0 Å². The standard InChI is InChI=1S/C9H14N2O2/c1-9(2,13-3)8-10-5-4-7(6-12)11-8/h4-5,12H,6H2,1-3H3. The molecular weight excluding hydrogens is 168 g/mol. The van der Waals surface area contributed by atoms with Gasteiger partial charge in [0.2, 0.25) is 0 Å². The van der Waals surface area contributed by atoms with Gasteiger partial charge in [-0.1, -0.05) is 0 Å². The average Bonchev–Trinajstić information content (AvgIpc) is 2.18. The molecule has 0 aromatic carbocycles. The number of hydrogen-bond donors (Lipinski definition) is 1. The number of methoxy groups -OCH3 is 1. The Balaban J connectivity index is 3.01. The van der Waals surface area contributed by atoms with Gasteiger partial charge in [0.05, 0.1) is 12.3 Å². The number of nitrogens with zero attached hydrogens (tertiary/aromatic N) is 2. The van der Waals surface area contributed by atoms with Crippen molar-refractivity contribution in [3.05, 3.63) is 23.8 Å². The maximum Gasteiger partial charge on any atom is 0.159 e. The second-order valence-corrected chi connectivity index (χ2v) is 3.24. The molecule has 0 spiro atoms. The van der Waals surface area contributed by atoms with E-state index >= 15 is 0 Å². The summed E-state index contributed by atoms with van der Waals surface area (Å²) in [6.45, 7) is 3.68. The van der Waals surface area contributed by atoms with Gasteiger partial charge in [-0.25, -0.2) is 9.97 Å². The molecule has 13 heavy (non-hydrogen) atoms. The molecule has 0 amide bonds. The fraction of sp³-hybridized carbons (Fsp3) is 0.556. The van der Waals surface area contributed by atoms with Gasteiger partial charge in [0, 0.05) is 13.3 Å². The first-order chi connectivity index (χ1) is 6.10. The molecule has 4 heteroatoms. The lowest BCUT2D eigenvalue weighted by Gasteiger charge is -2.20. The van der Waals surface area contributed by atoms with Gasteiger partial charge in [0.25, 0.3) is 0 Å².